The maximum Gasteiger partial charge on any atom is 0.191 e. The second-order valence-corrected chi connectivity index (χ2v) is 5.10. The lowest BCUT2D eigenvalue weighted by molar-refractivity contribution is 0.367. The first-order valence-corrected chi connectivity index (χ1v) is 7.30. The molecule has 0 saturated carbocycles. The van der Waals surface area contributed by atoms with E-state index in [9.17, 15) is 0 Å². The summed E-state index contributed by atoms with van der Waals surface area (Å²) < 4.78 is 10.7. The quantitative estimate of drug-likeness (QED) is 0.665. The molecule has 3 rings (SSSR count). The van der Waals surface area contributed by atoms with Crippen molar-refractivity contribution in [3.63, 3.8) is 0 Å². The first-order chi connectivity index (χ1) is 10.4. The molecule has 2 aromatic rings. The minimum Gasteiger partial charge on any atom is -0.467 e. The van der Waals surface area contributed by atoms with Gasteiger partial charge in [-0.15, -0.1) is 0 Å². The van der Waals surface area contributed by atoms with E-state index >= 15 is 0 Å². The second-order valence-electron chi connectivity index (χ2n) is 5.10. The molecule has 0 aliphatic heterocycles. The topological polar surface area (TPSA) is 75.6 Å². The van der Waals surface area contributed by atoms with Crippen molar-refractivity contribution >= 4 is 5.96 Å². The first kappa shape index (κ1) is 13.7. The van der Waals surface area contributed by atoms with Gasteiger partial charge < -0.3 is 19.6 Å². The predicted molar refractivity (Wildman–Crippen MR) is 78.9 cm³/mol. The third-order valence-corrected chi connectivity index (χ3v) is 3.69. The van der Waals surface area contributed by atoms with Gasteiger partial charge in [0.2, 0.25) is 0 Å². The van der Waals surface area contributed by atoms with E-state index in [4.69, 9.17) is 8.94 Å². The zero-order valence-electron chi connectivity index (χ0n) is 12.2. The van der Waals surface area contributed by atoms with Gasteiger partial charge in [0.05, 0.1) is 19.4 Å². The van der Waals surface area contributed by atoms with E-state index in [-0.39, 0.29) is 0 Å². The molecule has 0 amide bonds. The fraction of sp³-hybridized carbons (Fsp3) is 0.467. The molecule has 2 N–H and O–H groups in total. The van der Waals surface area contributed by atoms with Gasteiger partial charge in [0, 0.05) is 19.0 Å². The minimum atomic E-state index is 0.601. The monoisotopic (exact) mass is 288 g/mol. The van der Waals surface area contributed by atoms with Crippen LogP contribution in [0.15, 0.2) is 32.3 Å². The number of furan rings is 1. The van der Waals surface area contributed by atoms with Crippen molar-refractivity contribution in [1.29, 1.82) is 0 Å². The van der Waals surface area contributed by atoms with E-state index in [1.165, 1.54) is 18.4 Å². The molecule has 112 valence electrons. The number of fused-ring (bicyclic) bond motifs is 1. The van der Waals surface area contributed by atoms with Crippen LogP contribution in [0.4, 0.5) is 0 Å². The Labute approximate surface area is 123 Å². The molecule has 0 atom stereocenters. The van der Waals surface area contributed by atoms with Crippen LogP contribution < -0.4 is 10.6 Å². The first-order valence-electron chi connectivity index (χ1n) is 7.30. The zero-order valence-corrected chi connectivity index (χ0v) is 12.2. The largest absolute Gasteiger partial charge is 0.467 e. The maximum absolute atomic E-state index is 5.41. The molecule has 0 unspecified atom stereocenters. The van der Waals surface area contributed by atoms with Crippen molar-refractivity contribution in [1.82, 2.24) is 15.8 Å². The molecule has 0 saturated heterocycles. The summed E-state index contributed by atoms with van der Waals surface area (Å²) in [6, 6.07) is 3.79. The molecule has 2 aromatic heterocycles. The van der Waals surface area contributed by atoms with Gasteiger partial charge >= 0.3 is 0 Å². The molecule has 1 aliphatic carbocycles. The Morgan fingerprint density at radius 1 is 1.29 bits per heavy atom. The molecular weight excluding hydrogens is 268 g/mol. The number of aliphatic imine (C=N–C) groups is 1. The fourth-order valence-electron chi connectivity index (χ4n) is 2.56. The predicted octanol–water partition coefficient (Wildman–Crippen LogP) is 2.01. The van der Waals surface area contributed by atoms with Crippen molar-refractivity contribution in [2.24, 2.45) is 4.99 Å². The average molecular weight is 288 g/mol. The summed E-state index contributed by atoms with van der Waals surface area (Å²) in [5, 5.41) is 10.6. The second kappa shape index (κ2) is 6.47. The van der Waals surface area contributed by atoms with E-state index in [1.54, 1.807) is 13.3 Å². The number of rotatable bonds is 4. The average Bonchev–Trinajstić information content (AvgIpc) is 3.17. The third-order valence-electron chi connectivity index (χ3n) is 3.69. The summed E-state index contributed by atoms with van der Waals surface area (Å²) in [6.45, 7) is 1.22. The van der Waals surface area contributed by atoms with Crippen LogP contribution in [0.3, 0.4) is 0 Å². The number of aryl methyl sites for hydroxylation is 1. The van der Waals surface area contributed by atoms with Crippen LogP contribution in [-0.4, -0.2) is 18.2 Å². The molecular formula is C15H20N4O2. The van der Waals surface area contributed by atoms with Crippen molar-refractivity contribution in [2.75, 3.05) is 7.05 Å². The molecule has 0 aromatic carbocycles. The lowest BCUT2D eigenvalue weighted by Crippen LogP contribution is -2.36. The van der Waals surface area contributed by atoms with Crippen LogP contribution in [0.5, 0.6) is 0 Å². The molecule has 0 bridgehead atoms. The molecule has 6 nitrogen and oxygen atoms in total. The summed E-state index contributed by atoms with van der Waals surface area (Å²) in [6.07, 6.45) is 6.14. The summed E-state index contributed by atoms with van der Waals surface area (Å²) in [7, 11) is 1.75. The van der Waals surface area contributed by atoms with E-state index in [1.807, 2.05) is 12.1 Å². The van der Waals surface area contributed by atoms with Crippen LogP contribution in [0.2, 0.25) is 0 Å². The van der Waals surface area contributed by atoms with Gasteiger partial charge in [0.25, 0.3) is 0 Å². The molecule has 2 heterocycles. The highest BCUT2D eigenvalue weighted by Crippen LogP contribution is 2.23. The highest BCUT2D eigenvalue weighted by molar-refractivity contribution is 5.79. The van der Waals surface area contributed by atoms with Crippen molar-refractivity contribution in [3.8, 4) is 0 Å². The summed E-state index contributed by atoms with van der Waals surface area (Å²) in [5.74, 6) is 2.65. The maximum atomic E-state index is 5.41. The fourth-order valence-corrected chi connectivity index (χ4v) is 2.56. The number of nitrogens with zero attached hydrogens (tertiary/aromatic N) is 2. The van der Waals surface area contributed by atoms with Gasteiger partial charge in [0.1, 0.15) is 17.2 Å². The van der Waals surface area contributed by atoms with Gasteiger partial charge in [-0.05, 0) is 31.4 Å². The van der Waals surface area contributed by atoms with Gasteiger partial charge in [-0.1, -0.05) is 5.16 Å². The van der Waals surface area contributed by atoms with E-state index < -0.39 is 0 Å². The summed E-state index contributed by atoms with van der Waals surface area (Å²) in [4.78, 5) is 4.19. The van der Waals surface area contributed by atoms with Crippen molar-refractivity contribution < 1.29 is 8.94 Å². The lowest BCUT2D eigenvalue weighted by Gasteiger charge is -2.12. The Morgan fingerprint density at radius 3 is 2.95 bits per heavy atom. The molecule has 0 spiro atoms. The molecule has 6 heteroatoms. The van der Waals surface area contributed by atoms with E-state index in [0.29, 0.717) is 13.1 Å². The third kappa shape index (κ3) is 3.26. The SMILES string of the molecule is CN=C(NCc1ccco1)NCc1noc2c1CCCC2. The minimum absolute atomic E-state index is 0.601. The Balaban J connectivity index is 1.54. The van der Waals surface area contributed by atoms with Gasteiger partial charge in [-0.25, -0.2) is 0 Å². The van der Waals surface area contributed by atoms with Gasteiger partial charge in [-0.3, -0.25) is 4.99 Å². The number of nitrogens with one attached hydrogen (secondary N) is 2. The molecule has 1 aliphatic rings. The van der Waals surface area contributed by atoms with E-state index in [2.05, 4.69) is 20.8 Å². The number of guanidine groups is 1. The lowest BCUT2D eigenvalue weighted by atomic mass is 9.96. The van der Waals surface area contributed by atoms with Gasteiger partial charge in [0.15, 0.2) is 5.96 Å². The highest BCUT2D eigenvalue weighted by Gasteiger charge is 2.19. The van der Waals surface area contributed by atoms with Crippen LogP contribution >= 0.6 is 0 Å². The van der Waals surface area contributed by atoms with Crippen molar-refractivity contribution in [2.45, 2.75) is 38.8 Å². The Morgan fingerprint density at radius 2 is 2.14 bits per heavy atom. The Kier molecular flexibility index (Phi) is 4.23. The number of aromatic nitrogens is 1. The molecule has 0 radical (unpaired) electrons. The van der Waals surface area contributed by atoms with E-state index in [0.717, 1.165) is 36.0 Å². The van der Waals surface area contributed by atoms with Crippen LogP contribution in [-0.2, 0) is 25.9 Å². The summed E-state index contributed by atoms with van der Waals surface area (Å²) in [5.41, 5.74) is 2.26. The number of hydrogen-bond acceptors (Lipinski definition) is 4. The Bertz CT molecular complexity index is 601. The highest BCUT2D eigenvalue weighted by atomic mass is 16.5. The van der Waals surface area contributed by atoms with Crippen LogP contribution in [0, 0.1) is 0 Å². The molecule has 21 heavy (non-hydrogen) atoms. The normalized spacial score (nSPS) is 14.8. The van der Waals surface area contributed by atoms with Crippen LogP contribution in [0.1, 0.15) is 35.6 Å². The smallest absolute Gasteiger partial charge is 0.191 e. The summed E-state index contributed by atoms with van der Waals surface area (Å²) >= 11 is 0. The van der Waals surface area contributed by atoms with Gasteiger partial charge in [-0.2, -0.15) is 0 Å². The molecule has 0 fully saturated rings. The standard InChI is InChI=1S/C15H20N4O2/c1-16-15(17-9-11-5-4-8-20-11)18-10-13-12-6-2-3-7-14(12)21-19-13/h4-5,8H,2-3,6-7,9-10H2,1H3,(H2,16,17,18). The van der Waals surface area contributed by atoms with Crippen LogP contribution in [0.25, 0.3) is 0 Å². The Hall–Kier alpha value is -2.24. The number of hydrogen-bond donors (Lipinski definition) is 2. The zero-order chi connectivity index (χ0) is 14.5. The van der Waals surface area contributed by atoms with Crippen molar-refractivity contribution in [3.05, 3.63) is 41.2 Å².